The van der Waals surface area contributed by atoms with E-state index in [0.29, 0.717) is 0 Å². The van der Waals surface area contributed by atoms with Gasteiger partial charge in [-0.2, -0.15) is 0 Å². The fourth-order valence-corrected chi connectivity index (χ4v) is 9.69. The zero-order chi connectivity index (χ0) is 39.6. The standard InChI is InChI=1S/C57H37NO2/c1-3-15-38(16-4-1)39-27-31-42(32-28-39)58(43-33-29-41(30-34-43)46-20-8-7-19-45(46)40-17-5-2-6-18-40)44-35-36-52-54(37-44)59-55-49-23-11-14-26-53(49)60-56(55)57(52)50-24-12-9-21-47(50)48-22-10-13-25-51(48)57/h1-37H. The van der Waals surface area contributed by atoms with E-state index in [2.05, 4.69) is 217 Å². The summed E-state index contributed by atoms with van der Waals surface area (Å²) in [5, 5.41) is 0.963. The van der Waals surface area contributed by atoms with Gasteiger partial charge in [0.1, 0.15) is 16.7 Å². The summed E-state index contributed by atoms with van der Waals surface area (Å²) >= 11 is 0. The van der Waals surface area contributed by atoms with Gasteiger partial charge in [0.15, 0.2) is 11.5 Å². The molecule has 282 valence electrons. The van der Waals surface area contributed by atoms with Crippen molar-refractivity contribution in [1.29, 1.82) is 0 Å². The summed E-state index contributed by atoms with van der Waals surface area (Å²) in [6.45, 7) is 0. The van der Waals surface area contributed by atoms with E-state index in [-0.39, 0.29) is 0 Å². The van der Waals surface area contributed by atoms with Crippen molar-refractivity contribution < 1.29 is 9.15 Å². The molecule has 10 aromatic rings. The third kappa shape index (κ3) is 5.16. The first kappa shape index (κ1) is 34.2. The molecule has 9 aromatic carbocycles. The monoisotopic (exact) mass is 767 g/mol. The average Bonchev–Trinajstić information content (AvgIpc) is 3.84. The minimum absolute atomic E-state index is 0.705. The summed E-state index contributed by atoms with van der Waals surface area (Å²) in [5.41, 5.74) is 16.2. The lowest BCUT2D eigenvalue weighted by Gasteiger charge is -2.37. The molecule has 0 fully saturated rings. The Balaban J connectivity index is 1.04. The summed E-state index contributed by atoms with van der Waals surface area (Å²) in [7, 11) is 0. The molecule has 60 heavy (non-hydrogen) atoms. The highest BCUT2D eigenvalue weighted by Crippen LogP contribution is 2.64. The molecular formula is C57H37NO2. The van der Waals surface area contributed by atoms with Crippen molar-refractivity contribution in [3.63, 3.8) is 0 Å². The zero-order valence-corrected chi connectivity index (χ0v) is 32.6. The van der Waals surface area contributed by atoms with Crippen molar-refractivity contribution in [3.8, 4) is 56.0 Å². The number of para-hydroxylation sites is 1. The Kier molecular flexibility index (Phi) is 7.76. The third-order valence-electron chi connectivity index (χ3n) is 12.4. The second kappa shape index (κ2) is 13.6. The first-order chi connectivity index (χ1) is 29.8. The van der Waals surface area contributed by atoms with Gasteiger partial charge in [-0.25, -0.2) is 0 Å². The Hall–Kier alpha value is -7.88. The number of furan rings is 1. The molecule has 0 N–H and O–H groups in total. The smallest absolute Gasteiger partial charge is 0.178 e. The van der Waals surface area contributed by atoms with Crippen LogP contribution in [0.3, 0.4) is 0 Å². The highest BCUT2D eigenvalue weighted by atomic mass is 16.5. The van der Waals surface area contributed by atoms with Crippen LogP contribution in [0.2, 0.25) is 0 Å². The molecule has 0 unspecified atom stereocenters. The van der Waals surface area contributed by atoms with Crippen molar-refractivity contribution >= 4 is 28.0 Å². The van der Waals surface area contributed by atoms with Gasteiger partial charge in [-0.1, -0.05) is 176 Å². The predicted octanol–water partition coefficient (Wildman–Crippen LogP) is 15.4. The molecule has 3 nitrogen and oxygen atoms in total. The molecule has 2 heterocycles. The van der Waals surface area contributed by atoms with Crippen molar-refractivity contribution in [2.24, 2.45) is 0 Å². The number of nitrogens with zero attached hydrogens (tertiary/aromatic N) is 1. The number of ether oxygens (including phenoxy) is 1. The van der Waals surface area contributed by atoms with E-state index in [1.807, 2.05) is 12.1 Å². The first-order valence-corrected chi connectivity index (χ1v) is 20.5. The average molecular weight is 768 g/mol. The number of hydrogen-bond donors (Lipinski definition) is 0. The largest absolute Gasteiger partial charge is 0.455 e. The normalized spacial score (nSPS) is 12.9. The molecular weight excluding hydrogens is 731 g/mol. The molecule has 1 spiro atoms. The van der Waals surface area contributed by atoms with Crippen LogP contribution in [0, 0.1) is 0 Å². The number of hydrogen-bond acceptors (Lipinski definition) is 3. The van der Waals surface area contributed by atoms with E-state index in [1.54, 1.807) is 0 Å². The SMILES string of the molecule is c1ccc(-c2ccc(N(c3ccc(-c4ccccc4-c4ccccc4)cc3)c3ccc4c(c3)Oc3c(oc5ccccc35)C43c4ccccc4-c4ccccc43)cc2)cc1. The quantitative estimate of drug-likeness (QED) is 0.168. The van der Waals surface area contributed by atoms with E-state index >= 15 is 0 Å². The van der Waals surface area contributed by atoms with Crippen LogP contribution in [0.4, 0.5) is 17.1 Å². The molecule has 0 radical (unpaired) electrons. The summed E-state index contributed by atoms with van der Waals surface area (Å²) in [6, 6.07) is 80.0. The highest BCUT2D eigenvalue weighted by Gasteiger charge is 2.54. The molecule has 3 heteroatoms. The maximum atomic E-state index is 7.10. The lowest BCUT2D eigenvalue weighted by molar-refractivity contribution is 0.389. The summed E-state index contributed by atoms with van der Waals surface area (Å²) < 4.78 is 14.0. The minimum Gasteiger partial charge on any atom is -0.455 e. The lowest BCUT2D eigenvalue weighted by Crippen LogP contribution is -2.31. The zero-order valence-electron chi connectivity index (χ0n) is 32.6. The topological polar surface area (TPSA) is 25.6 Å². The van der Waals surface area contributed by atoms with E-state index < -0.39 is 5.41 Å². The van der Waals surface area contributed by atoms with E-state index in [9.17, 15) is 0 Å². The summed E-state index contributed by atoms with van der Waals surface area (Å²) in [4.78, 5) is 2.33. The lowest BCUT2D eigenvalue weighted by atomic mass is 9.69. The Morgan fingerprint density at radius 1 is 0.350 bits per heavy atom. The van der Waals surface area contributed by atoms with Crippen LogP contribution in [0.5, 0.6) is 11.5 Å². The van der Waals surface area contributed by atoms with Gasteiger partial charge in [-0.3, -0.25) is 0 Å². The van der Waals surface area contributed by atoms with Crippen molar-refractivity contribution in [1.82, 2.24) is 0 Å². The fraction of sp³-hybridized carbons (Fsp3) is 0.0175. The fourth-order valence-electron chi connectivity index (χ4n) is 9.69. The van der Waals surface area contributed by atoms with Crippen LogP contribution in [0.25, 0.3) is 55.5 Å². The van der Waals surface area contributed by atoms with Gasteiger partial charge in [0.05, 0.1) is 5.39 Å². The van der Waals surface area contributed by atoms with Gasteiger partial charge in [0, 0.05) is 28.7 Å². The Bertz CT molecular complexity index is 3170. The van der Waals surface area contributed by atoms with Gasteiger partial charge in [0.25, 0.3) is 0 Å². The van der Waals surface area contributed by atoms with Gasteiger partial charge in [0.2, 0.25) is 0 Å². The van der Waals surface area contributed by atoms with E-state index in [1.165, 1.54) is 50.1 Å². The van der Waals surface area contributed by atoms with E-state index in [0.717, 1.165) is 56.4 Å². The molecule has 12 rings (SSSR count). The maximum absolute atomic E-state index is 7.10. The predicted molar refractivity (Wildman–Crippen MR) is 245 cm³/mol. The van der Waals surface area contributed by atoms with Crippen molar-refractivity contribution in [2.45, 2.75) is 5.41 Å². The number of benzene rings is 9. The van der Waals surface area contributed by atoms with Gasteiger partial charge < -0.3 is 14.1 Å². The van der Waals surface area contributed by atoms with E-state index in [4.69, 9.17) is 9.15 Å². The maximum Gasteiger partial charge on any atom is 0.178 e. The van der Waals surface area contributed by atoms with Crippen LogP contribution in [0.15, 0.2) is 229 Å². The van der Waals surface area contributed by atoms with Crippen LogP contribution >= 0.6 is 0 Å². The molecule has 0 saturated carbocycles. The van der Waals surface area contributed by atoms with Crippen molar-refractivity contribution in [3.05, 3.63) is 247 Å². The molecule has 1 aliphatic carbocycles. The Labute approximate surface area is 349 Å². The second-order valence-corrected chi connectivity index (χ2v) is 15.6. The van der Waals surface area contributed by atoms with Gasteiger partial charge >= 0.3 is 0 Å². The summed E-state index contributed by atoms with van der Waals surface area (Å²) in [6.07, 6.45) is 0. The highest BCUT2D eigenvalue weighted by molar-refractivity contribution is 5.94. The number of fused-ring (bicyclic) bond motifs is 11. The molecule has 2 aliphatic rings. The number of rotatable bonds is 6. The van der Waals surface area contributed by atoms with Crippen LogP contribution in [0.1, 0.15) is 22.5 Å². The molecule has 0 atom stereocenters. The Morgan fingerprint density at radius 3 is 1.45 bits per heavy atom. The number of anilines is 3. The molecule has 0 amide bonds. The van der Waals surface area contributed by atoms with Gasteiger partial charge in [-0.15, -0.1) is 0 Å². The van der Waals surface area contributed by atoms with Crippen LogP contribution in [-0.4, -0.2) is 0 Å². The van der Waals surface area contributed by atoms with Crippen LogP contribution < -0.4 is 9.64 Å². The summed E-state index contributed by atoms with van der Waals surface area (Å²) in [5.74, 6) is 2.39. The molecule has 1 aromatic heterocycles. The molecule has 1 aliphatic heterocycles. The second-order valence-electron chi connectivity index (χ2n) is 15.6. The first-order valence-electron chi connectivity index (χ1n) is 20.5. The minimum atomic E-state index is -0.705. The van der Waals surface area contributed by atoms with Crippen molar-refractivity contribution in [2.75, 3.05) is 4.90 Å². The van der Waals surface area contributed by atoms with Gasteiger partial charge in [-0.05, 0) is 98.1 Å². The Morgan fingerprint density at radius 2 is 0.817 bits per heavy atom. The molecule has 0 bridgehead atoms. The third-order valence-corrected chi connectivity index (χ3v) is 12.4. The van der Waals surface area contributed by atoms with Crippen LogP contribution in [-0.2, 0) is 5.41 Å². The molecule has 0 saturated heterocycles.